The molecule has 2 heterocycles. The van der Waals surface area contributed by atoms with Crippen LogP contribution in [-0.2, 0) is 16.6 Å². The topological polar surface area (TPSA) is 90.0 Å². The molecule has 0 saturated heterocycles. The van der Waals surface area contributed by atoms with Gasteiger partial charge in [-0.25, -0.2) is 4.98 Å². The van der Waals surface area contributed by atoms with Gasteiger partial charge in [0.25, 0.3) is 0 Å². The highest BCUT2D eigenvalue weighted by molar-refractivity contribution is 5.95. The third-order valence-corrected chi connectivity index (χ3v) is 5.12. The van der Waals surface area contributed by atoms with Crippen LogP contribution < -0.4 is 10.6 Å². The fourth-order valence-electron chi connectivity index (χ4n) is 3.23. The SMILES string of the molecule is CC(C)(O)c1cccc(-c2ccc3c(NC=O)c[nH]c3n2)c1.CNc1ccc(C(F)(F)F)cc1. The number of nitrogens with zero attached hydrogens (tertiary/aromatic N) is 1. The van der Waals surface area contributed by atoms with Crippen LogP contribution >= 0.6 is 0 Å². The first-order valence-electron chi connectivity index (χ1n) is 10.4. The van der Waals surface area contributed by atoms with Crippen LogP contribution in [0.1, 0.15) is 25.0 Å². The lowest BCUT2D eigenvalue weighted by Gasteiger charge is -2.18. The number of halogens is 3. The Morgan fingerprint density at radius 3 is 2.29 bits per heavy atom. The molecule has 0 aliphatic heterocycles. The molecule has 0 aliphatic rings. The normalized spacial score (nSPS) is 11.5. The van der Waals surface area contributed by atoms with Gasteiger partial charge in [0.15, 0.2) is 0 Å². The number of H-pyrrole nitrogens is 1. The van der Waals surface area contributed by atoms with Crippen molar-refractivity contribution in [2.75, 3.05) is 17.7 Å². The smallest absolute Gasteiger partial charge is 0.388 e. The van der Waals surface area contributed by atoms with E-state index in [-0.39, 0.29) is 0 Å². The van der Waals surface area contributed by atoms with Gasteiger partial charge >= 0.3 is 6.18 Å². The summed E-state index contributed by atoms with van der Waals surface area (Å²) in [7, 11) is 1.66. The average Bonchev–Trinajstić information content (AvgIpc) is 3.21. The van der Waals surface area contributed by atoms with Crippen molar-refractivity contribution >= 4 is 28.8 Å². The van der Waals surface area contributed by atoms with E-state index in [1.165, 1.54) is 12.1 Å². The summed E-state index contributed by atoms with van der Waals surface area (Å²) in [5, 5.41) is 16.4. The molecular formula is C25H25F3N4O2. The maximum atomic E-state index is 12.0. The lowest BCUT2D eigenvalue weighted by atomic mass is 9.95. The first kappa shape index (κ1) is 24.8. The number of pyridine rings is 1. The Labute approximate surface area is 194 Å². The molecule has 0 spiro atoms. The Bertz CT molecular complexity index is 1260. The summed E-state index contributed by atoms with van der Waals surface area (Å²) in [5.41, 5.74) is 3.13. The van der Waals surface area contributed by atoms with E-state index in [9.17, 15) is 23.1 Å². The molecule has 4 N–H and O–H groups in total. The monoisotopic (exact) mass is 470 g/mol. The van der Waals surface area contributed by atoms with Gasteiger partial charge in [0, 0.05) is 29.9 Å². The van der Waals surface area contributed by atoms with Crippen molar-refractivity contribution in [3.8, 4) is 11.3 Å². The number of hydrogen-bond acceptors (Lipinski definition) is 4. The number of benzene rings is 2. The van der Waals surface area contributed by atoms with E-state index in [0.717, 1.165) is 34.3 Å². The number of hydrogen-bond donors (Lipinski definition) is 4. The minimum atomic E-state index is -4.24. The Balaban J connectivity index is 0.000000229. The fraction of sp³-hybridized carbons (Fsp3) is 0.200. The number of aromatic nitrogens is 2. The molecule has 1 amide bonds. The number of anilines is 2. The quantitative estimate of drug-likeness (QED) is 0.279. The number of nitrogens with one attached hydrogen (secondary N) is 3. The van der Waals surface area contributed by atoms with Gasteiger partial charge in [0.1, 0.15) is 5.65 Å². The molecule has 6 nitrogen and oxygen atoms in total. The van der Waals surface area contributed by atoms with E-state index in [4.69, 9.17) is 0 Å². The Morgan fingerprint density at radius 1 is 1.00 bits per heavy atom. The number of rotatable bonds is 5. The predicted octanol–water partition coefficient (Wildman–Crippen LogP) is 5.77. The van der Waals surface area contributed by atoms with Crippen molar-refractivity contribution < 1.29 is 23.1 Å². The Hall–Kier alpha value is -3.85. The van der Waals surface area contributed by atoms with Crippen molar-refractivity contribution in [2.24, 2.45) is 0 Å². The fourth-order valence-corrected chi connectivity index (χ4v) is 3.23. The maximum absolute atomic E-state index is 12.0. The van der Waals surface area contributed by atoms with Crippen LogP contribution in [0.15, 0.2) is 66.9 Å². The first-order chi connectivity index (χ1) is 16.0. The van der Waals surface area contributed by atoms with Crippen LogP contribution in [0.3, 0.4) is 0 Å². The van der Waals surface area contributed by atoms with Gasteiger partial charge in [-0.1, -0.05) is 18.2 Å². The van der Waals surface area contributed by atoms with Crippen molar-refractivity contribution in [1.82, 2.24) is 9.97 Å². The van der Waals surface area contributed by atoms with Crippen LogP contribution in [0.4, 0.5) is 24.5 Å². The van der Waals surface area contributed by atoms with Crippen LogP contribution in [0.25, 0.3) is 22.3 Å². The average molecular weight is 470 g/mol. The number of alkyl halides is 3. The second kappa shape index (κ2) is 9.96. The molecule has 34 heavy (non-hydrogen) atoms. The van der Waals surface area contributed by atoms with Gasteiger partial charge in [0.05, 0.1) is 22.5 Å². The summed E-state index contributed by atoms with van der Waals surface area (Å²) in [5.74, 6) is 0. The van der Waals surface area contributed by atoms with Crippen LogP contribution in [0, 0.1) is 0 Å². The lowest BCUT2D eigenvalue weighted by molar-refractivity contribution is -0.137. The third kappa shape index (κ3) is 5.93. The van der Waals surface area contributed by atoms with Gasteiger partial charge < -0.3 is 20.7 Å². The molecule has 0 unspecified atom stereocenters. The van der Waals surface area contributed by atoms with Gasteiger partial charge in [0.2, 0.25) is 6.41 Å². The van der Waals surface area contributed by atoms with E-state index < -0.39 is 17.3 Å². The van der Waals surface area contributed by atoms with E-state index in [0.29, 0.717) is 23.4 Å². The molecule has 4 aromatic rings. The maximum Gasteiger partial charge on any atom is 0.416 e. The molecule has 9 heteroatoms. The van der Waals surface area contributed by atoms with Crippen molar-refractivity contribution in [1.29, 1.82) is 0 Å². The highest BCUT2D eigenvalue weighted by atomic mass is 19.4. The third-order valence-electron chi connectivity index (χ3n) is 5.12. The van der Waals surface area contributed by atoms with E-state index in [2.05, 4.69) is 20.6 Å². The number of fused-ring (bicyclic) bond motifs is 1. The second-order valence-electron chi connectivity index (χ2n) is 8.02. The molecule has 0 atom stereocenters. The Kier molecular flexibility index (Phi) is 7.26. The largest absolute Gasteiger partial charge is 0.416 e. The van der Waals surface area contributed by atoms with Crippen LogP contribution in [0.2, 0.25) is 0 Å². The molecular weight excluding hydrogens is 445 g/mol. The van der Waals surface area contributed by atoms with E-state index in [1.54, 1.807) is 27.1 Å². The summed E-state index contributed by atoms with van der Waals surface area (Å²) in [6, 6.07) is 16.4. The lowest BCUT2D eigenvalue weighted by Crippen LogP contribution is -2.15. The Morgan fingerprint density at radius 2 is 1.71 bits per heavy atom. The van der Waals surface area contributed by atoms with Crippen molar-refractivity contribution in [3.63, 3.8) is 0 Å². The number of carbonyl (C=O) groups is 1. The predicted molar refractivity (Wildman–Crippen MR) is 127 cm³/mol. The molecule has 2 aromatic carbocycles. The van der Waals surface area contributed by atoms with Crippen molar-refractivity contribution in [3.05, 3.63) is 78.0 Å². The summed E-state index contributed by atoms with van der Waals surface area (Å²) in [6.45, 7) is 3.51. The van der Waals surface area contributed by atoms with Crippen LogP contribution in [0.5, 0.6) is 0 Å². The van der Waals surface area contributed by atoms with Gasteiger partial charge in [-0.3, -0.25) is 4.79 Å². The first-order valence-corrected chi connectivity index (χ1v) is 10.4. The molecule has 0 bridgehead atoms. The molecule has 178 valence electrons. The molecule has 4 rings (SSSR count). The summed E-state index contributed by atoms with van der Waals surface area (Å²) in [4.78, 5) is 18.2. The van der Waals surface area contributed by atoms with Gasteiger partial charge in [-0.15, -0.1) is 0 Å². The van der Waals surface area contributed by atoms with Gasteiger partial charge in [-0.05, 0) is 61.9 Å². The number of aliphatic hydroxyl groups is 1. The molecule has 0 saturated carbocycles. The zero-order chi connectivity index (χ0) is 24.9. The van der Waals surface area contributed by atoms with E-state index >= 15 is 0 Å². The minimum Gasteiger partial charge on any atom is -0.388 e. The number of aromatic amines is 1. The van der Waals surface area contributed by atoms with Crippen molar-refractivity contribution in [2.45, 2.75) is 25.6 Å². The second-order valence-corrected chi connectivity index (χ2v) is 8.02. The van der Waals surface area contributed by atoms with Gasteiger partial charge in [-0.2, -0.15) is 13.2 Å². The molecule has 0 radical (unpaired) electrons. The highest BCUT2D eigenvalue weighted by Gasteiger charge is 2.29. The molecule has 0 fully saturated rings. The van der Waals surface area contributed by atoms with E-state index in [1.807, 2.05) is 36.4 Å². The summed E-state index contributed by atoms with van der Waals surface area (Å²) in [6.07, 6.45) is -1.89. The highest BCUT2D eigenvalue weighted by Crippen LogP contribution is 2.30. The number of carbonyl (C=O) groups excluding carboxylic acids is 1. The molecule has 0 aliphatic carbocycles. The van der Waals surface area contributed by atoms with Crippen LogP contribution in [-0.4, -0.2) is 28.5 Å². The number of amides is 1. The summed E-state index contributed by atoms with van der Waals surface area (Å²) < 4.78 is 36.0. The zero-order valence-corrected chi connectivity index (χ0v) is 18.9. The zero-order valence-electron chi connectivity index (χ0n) is 18.9. The molecule has 2 aromatic heterocycles. The standard InChI is InChI=1S/C17H17N3O2.C8H8F3N/c1-17(2,22)12-5-3-4-11(8-12)14-7-6-13-15(19-10-21)9-18-16(13)20-14;1-12-7-4-2-6(3-5-7)8(9,10)11/h3-10,22H,1-2H3,(H,18,20)(H,19,21);2-5,12H,1H3. The minimum absolute atomic E-state index is 0.624. The summed E-state index contributed by atoms with van der Waals surface area (Å²) >= 11 is 0.